The Morgan fingerprint density at radius 3 is 2.84 bits per heavy atom. The molecule has 4 heteroatoms. The number of hydrogen-bond donors (Lipinski definition) is 1. The van der Waals surface area contributed by atoms with E-state index in [1.807, 2.05) is 11.8 Å². The molecule has 3 nitrogen and oxygen atoms in total. The Morgan fingerprint density at radius 1 is 1.37 bits per heavy atom. The Morgan fingerprint density at radius 2 is 2.21 bits per heavy atom. The molecule has 1 saturated heterocycles. The number of carboxylic acids is 1. The van der Waals surface area contributed by atoms with Gasteiger partial charge in [-0.3, -0.25) is 4.79 Å². The summed E-state index contributed by atoms with van der Waals surface area (Å²) in [6.45, 7) is 3.11. The topological polar surface area (TPSA) is 46.5 Å². The number of ether oxygens (including phenoxy) is 1. The van der Waals surface area contributed by atoms with E-state index in [9.17, 15) is 9.90 Å². The quantitative estimate of drug-likeness (QED) is 0.811. The fourth-order valence-electron chi connectivity index (χ4n) is 3.36. The molecular formula is C15H26O3S. The van der Waals surface area contributed by atoms with Crippen LogP contribution in [0.1, 0.15) is 51.9 Å². The third kappa shape index (κ3) is 4.38. The minimum Gasteiger partial charge on any atom is -0.481 e. The van der Waals surface area contributed by atoms with Crippen molar-refractivity contribution in [3.8, 4) is 0 Å². The highest BCUT2D eigenvalue weighted by molar-refractivity contribution is 8.00. The molecule has 1 aliphatic heterocycles. The Kier molecular flexibility index (Phi) is 6.02. The number of hydrogen-bond acceptors (Lipinski definition) is 3. The van der Waals surface area contributed by atoms with Crippen LogP contribution in [0.2, 0.25) is 0 Å². The summed E-state index contributed by atoms with van der Waals surface area (Å²) in [5.41, 5.74) is 0. The maximum atomic E-state index is 11.4. The van der Waals surface area contributed by atoms with Crippen LogP contribution in [0.25, 0.3) is 0 Å². The van der Waals surface area contributed by atoms with Crippen molar-refractivity contribution in [3.05, 3.63) is 0 Å². The lowest BCUT2D eigenvalue weighted by Crippen LogP contribution is -2.33. The summed E-state index contributed by atoms with van der Waals surface area (Å²) < 4.78 is 5.65. The Labute approximate surface area is 120 Å². The molecule has 1 N–H and O–H groups in total. The molecule has 0 aromatic rings. The summed E-state index contributed by atoms with van der Waals surface area (Å²) in [7, 11) is 0. The van der Waals surface area contributed by atoms with Gasteiger partial charge in [-0.2, -0.15) is 11.8 Å². The first-order chi connectivity index (χ1) is 9.20. The maximum Gasteiger partial charge on any atom is 0.307 e. The van der Waals surface area contributed by atoms with Gasteiger partial charge in [-0.15, -0.1) is 0 Å². The van der Waals surface area contributed by atoms with E-state index in [0.29, 0.717) is 11.4 Å². The van der Waals surface area contributed by atoms with Crippen LogP contribution in [0.3, 0.4) is 0 Å². The van der Waals surface area contributed by atoms with E-state index >= 15 is 0 Å². The summed E-state index contributed by atoms with van der Waals surface area (Å²) in [6.07, 6.45) is 8.19. The lowest BCUT2D eigenvalue weighted by molar-refractivity contribution is -0.142. The lowest BCUT2D eigenvalue weighted by atomic mass is 9.80. The van der Waals surface area contributed by atoms with Gasteiger partial charge in [0.1, 0.15) is 0 Å². The molecule has 4 atom stereocenters. The number of aliphatic carboxylic acids is 1. The second-order valence-corrected chi connectivity index (χ2v) is 7.19. The minimum absolute atomic E-state index is 0.139. The van der Waals surface area contributed by atoms with E-state index in [4.69, 9.17) is 4.74 Å². The zero-order chi connectivity index (χ0) is 13.7. The minimum atomic E-state index is -0.597. The van der Waals surface area contributed by atoms with Crippen molar-refractivity contribution >= 4 is 17.7 Å². The molecule has 2 aliphatic rings. The predicted molar refractivity (Wildman–Crippen MR) is 78.6 cm³/mol. The maximum absolute atomic E-state index is 11.4. The highest BCUT2D eigenvalue weighted by atomic mass is 32.2. The molecule has 4 unspecified atom stereocenters. The normalized spacial score (nSPS) is 35.4. The van der Waals surface area contributed by atoms with Crippen molar-refractivity contribution in [1.29, 1.82) is 0 Å². The fourth-order valence-corrected chi connectivity index (χ4v) is 4.97. The van der Waals surface area contributed by atoms with E-state index in [1.54, 1.807) is 0 Å². The second-order valence-electron chi connectivity index (χ2n) is 5.92. The third-order valence-electron chi connectivity index (χ3n) is 4.43. The molecule has 0 amide bonds. The molecular weight excluding hydrogens is 260 g/mol. The predicted octanol–water partition coefficient (Wildman–Crippen LogP) is 3.57. The van der Waals surface area contributed by atoms with Gasteiger partial charge in [-0.25, -0.2) is 0 Å². The summed E-state index contributed by atoms with van der Waals surface area (Å²) in [5, 5.41) is 9.67. The monoisotopic (exact) mass is 286 g/mol. The molecule has 0 spiro atoms. The lowest BCUT2D eigenvalue weighted by Gasteiger charge is -2.34. The number of thioether (sulfide) groups is 1. The standard InChI is InChI=1S/C15H26O3S/c1-2-4-11-6-7-13(15(16)17)14(9-11)19-10-12-5-3-8-18-12/h11-14H,2-10H2,1H3,(H,16,17). The van der Waals surface area contributed by atoms with Crippen LogP contribution >= 0.6 is 11.8 Å². The highest BCUT2D eigenvalue weighted by Gasteiger charge is 2.35. The van der Waals surface area contributed by atoms with Crippen molar-refractivity contribution in [2.45, 2.75) is 63.2 Å². The van der Waals surface area contributed by atoms with Gasteiger partial charge in [-0.05, 0) is 38.0 Å². The number of rotatable bonds is 6. The van der Waals surface area contributed by atoms with Crippen LogP contribution in [0.4, 0.5) is 0 Å². The van der Waals surface area contributed by atoms with Crippen molar-refractivity contribution in [2.24, 2.45) is 11.8 Å². The van der Waals surface area contributed by atoms with Crippen molar-refractivity contribution in [2.75, 3.05) is 12.4 Å². The number of carbonyl (C=O) groups is 1. The first-order valence-corrected chi connectivity index (χ1v) is 8.71. The van der Waals surface area contributed by atoms with Crippen LogP contribution in [-0.4, -0.2) is 34.8 Å². The molecule has 1 heterocycles. The van der Waals surface area contributed by atoms with E-state index in [1.165, 1.54) is 12.8 Å². The SMILES string of the molecule is CCCC1CCC(C(=O)O)C(SCC2CCCO2)C1. The molecule has 0 radical (unpaired) electrons. The third-order valence-corrected chi connectivity index (χ3v) is 5.95. The molecule has 0 bridgehead atoms. The van der Waals surface area contributed by atoms with Gasteiger partial charge in [0.25, 0.3) is 0 Å². The van der Waals surface area contributed by atoms with Crippen molar-refractivity contribution < 1.29 is 14.6 Å². The summed E-state index contributed by atoms with van der Waals surface area (Å²) in [6, 6.07) is 0. The number of carboxylic acid groups (broad SMARTS) is 1. The Balaban J connectivity index is 1.85. The molecule has 1 saturated carbocycles. The summed E-state index contributed by atoms with van der Waals surface area (Å²) >= 11 is 1.85. The van der Waals surface area contributed by atoms with Crippen LogP contribution in [-0.2, 0) is 9.53 Å². The van der Waals surface area contributed by atoms with E-state index < -0.39 is 5.97 Å². The zero-order valence-corrected chi connectivity index (χ0v) is 12.7. The fraction of sp³-hybridized carbons (Fsp3) is 0.933. The largest absolute Gasteiger partial charge is 0.481 e. The van der Waals surface area contributed by atoms with Crippen LogP contribution in [0.5, 0.6) is 0 Å². The highest BCUT2D eigenvalue weighted by Crippen LogP contribution is 2.39. The molecule has 0 aromatic heterocycles. The average Bonchev–Trinajstić information content (AvgIpc) is 2.89. The van der Waals surface area contributed by atoms with E-state index in [2.05, 4.69) is 6.92 Å². The van der Waals surface area contributed by atoms with Crippen molar-refractivity contribution in [3.63, 3.8) is 0 Å². The summed E-state index contributed by atoms with van der Waals surface area (Å²) in [5.74, 6) is 0.981. The molecule has 19 heavy (non-hydrogen) atoms. The summed E-state index contributed by atoms with van der Waals surface area (Å²) in [4.78, 5) is 11.4. The first-order valence-electron chi connectivity index (χ1n) is 7.66. The first kappa shape index (κ1) is 15.2. The molecule has 1 aliphatic carbocycles. The van der Waals surface area contributed by atoms with Gasteiger partial charge in [0.2, 0.25) is 0 Å². The second kappa shape index (κ2) is 7.53. The van der Waals surface area contributed by atoms with Crippen LogP contribution < -0.4 is 0 Å². The smallest absolute Gasteiger partial charge is 0.307 e. The van der Waals surface area contributed by atoms with E-state index in [-0.39, 0.29) is 5.92 Å². The zero-order valence-electron chi connectivity index (χ0n) is 11.8. The van der Waals surface area contributed by atoms with Gasteiger partial charge < -0.3 is 9.84 Å². The van der Waals surface area contributed by atoms with Gasteiger partial charge >= 0.3 is 5.97 Å². The van der Waals surface area contributed by atoms with Crippen LogP contribution in [0, 0.1) is 11.8 Å². The molecule has 2 rings (SSSR count). The Hall–Kier alpha value is -0.220. The molecule has 0 aromatic carbocycles. The Bertz CT molecular complexity index is 289. The van der Waals surface area contributed by atoms with E-state index in [0.717, 1.165) is 50.4 Å². The average molecular weight is 286 g/mol. The van der Waals surface area contributed by atoms with Crippen molar-refractivity contribution in [1.82, 2.24) is 0 Å². The van der Waals surface area contributed by atoms with Gasteiger partial charge in [0.05, 0.1) is 12.0 Å². The molecule has 2 fully saturated rings. The molecule has 110 valence electrons. The van der Waals surface area contributed by atoms with Crippen LogP contribution in [0.15, 0.2) is 0 Å². The van der Waals surface area contributed by atoms with Gasteiger partial charge in [0, 0.05) is 17.6 Å². The van der Waals surface area contributed by atoms with Gasteiger partial charge in [-0.1, -0.05) is 19.8 Å². The van der Waals surface area contributed by atoms with Gasteiger partial charge in [0.15, 0.2) is 0 Å².